The molecule has 0 aromatic carbocycles. The normalized spacial score (nSPS) is 34.9. The first kappa shape index (κ1) is 9.05. The Morgan fingerprint density at radius 2 is 2.00 bits per heavy atom. The number of hydrogen-bond acceptors (Lipinski definition) is 1. The molecule has 0 bridgehead atoms. The summed E-state index contributed by atoms with van der Waals surface area (Å²) in [6.45, 7) is 9.17. The van der Waals surface area contributed by atoms with Gasteiger partial charge in [0.2, 0.25) is 0 Å². The van der Waals surface area contributed by atoms with Gasteiger partial charge in [-0.05, 0) is 38.5 Å². The van der Waals surface area contributed by atoms with Crippen molar-refractivity contribution >= 4 is 0 Å². The van der Waals surface area contributed by atoms with Crippen LogP contribution in [0.2, 0.25) is 0 Å². The molecule has 1 fully saturated rings. The first-order chi connectivity index (χ1) is 5.15. The molecular formula is C10H21N. The van der Waals surface area contributed by atoms with Gasteiger partial charge in [0.1, 0.15) is 0 Å². The Balaban J connectivity index is 2.16. The van der Waals surface area contributed by atoms with Gasteiger partial charge >= 0.3 is 0 Å². The molecule has 0 aliphatic heterocycles. The fourth-order valence-electron chi connectivity index (χ4n) is 1.74. The van der Waals surface area contributed by atoms with Crippen LogP contribution >= 0.6 is 0 Å². The maximum atomic E-state index is 3.62. The Kier molecular flexibility index (Phi) is 2.94. The van der Waals surface area contributed by atoms with Crippen LogP contribution in [0.4, 0.5) is 0 Å². The summed E-state index contributed by atoms with van der Waals surface area (Å²) in [4.78, 5) is 0. The highest BCUT2D eigenvalue weighted by atomic mass is 15.0. The molecule has 4 unspecified atom stereocenters. The minimum atomic E-state index is 0.692. The fraction of sp³-hybridized carbons (Fsp3) is 1.00. The lowest BCUT2D eigenvalue weighted by Crippen LogP contribution is -2.35. The van der Waals surface area contributed by atoms with E-state index in [2.05, 4.69) is 33.0 Å². The van der Waals surface area contributed by atoms with Crippen LogP contribution in [0.15, 0.2) is 0 Å². The van der Waals surface area contributed by atoms with E-state index in [0.717, 1.165) is 17.9 Å². The van der Waals surface area contributed by atoms with Crippen molar-refractivity contribution in [3.63, 3.8) is 0 Å². The zero-order chi connectivity index (χ0) is 8.43. The maximum absolute atomic E-state index is 3.62. The van der Waals surface area contributed by atoms with Gasteiger partial charge in [0.15, 0.2) is 0 Å². The molecule has 0 aromatic rings. The molecule has 66 valence electrons. The van der Waals surface area contributed by atoms with Crippen LogP contribution in [0.1, 0.15) is 40.5 Å². The molecule has 0 radical (unpaired) electrons. The summed E-state index contributed by atoms with van der Waals surface area (Å²) in [7, 11) is 0. The van der Waals surface area contributed by atoms with E-state index in [-0.39, 0.29) is 0 Å². The van der Waals surface area contributed by atoms with E-state index in [1.54, 1.807) is 0 Å². The van der Waals surface area contributed by atoms with Crippen molar-refractivity contribution in [1.82, 2.24) is 5.32 Å². The summed E-state index contributed by atoms with van der Waals surface area (Å²) in [5.74, 6) is 1.94. The van der Waals surface area contributed by atoms with Crippen LogP contribution in [0.25, 0.3) is 0 Å². The van der Waals surface area contributed by atoms with Gasteiger partial charge in [-0.2, -0.15) is 0 Å². The van der Waals surface area contributed by atoms with Crippen LogP contribution in [-0.2, 0) is 0 Å². The van der Waals surface area contributed by atoms with E-state index in [9.17, 15) is 0 Å². The molecule has 0 aromatic heterocycles. The van der Waals surface area contributed by atoms with Crippen molar-refractivity contribution in [2.24, 2.45) is 11.8 Å². The molecule has 11 heavy (non-hydrogen) atoms. The third kappa shape index (κ3) is 2.48. The monoisotopic (exact) mass is 155 g/mol. The van der Waals surface area contributed by atoms with Crippen LogP contribution in [0.3, 0.4) is 0 Å². The van der Waals surface area contributed by atoms with Gasteiger partial charge in [0.05, 0.1) is 0 Å². The van der Waals surface area contributed by atoms with E-state index in [0.29, 0.717) is 6.04 Å². The smallest absolute Gasteiger partial charge is 0.00721 e. The van der Waals surface area contributed by atoms with Crippen LogP contribution in [-0.4, -0.2) is 12.1 Å². The van der Waals surface area contributed by atoms with Crippen molar-refractivity contribution in [2.45, 2.75) is 52.6 Å². The quantitative estimate of drug-likeness (QED) is 0.657. The Bertz CT molecular complexity index is 122. The second kappa shape index (κ2) is 3.57. The topological polar surface area (TPSA) is 12.0 Å². The number of hydrogen-bond donors (Lipinski definition) is 1. The molecule has 1 heteroatoms. The van der Waals surface area contributed by atoms with Crippen molar-refractivity contribution in [3.8, 4) is 0 Å². The zero-order valence-corrected chi connectivity index (χ0v) is 8.22. The van der Waals surface area contributed by atoms with Gasteiger partial charge in [-0.3, -0.25) is 0 Å². The van der Waals surface area contributed by atoms with Crippen molar-refractivity contribution in [1.29, 1.82) is 0 Å². The summed E-state index contributed by atoms with van der Waals surface area (Å²) in [5, 5.41) is 3.62. The summed E-state index contributed by atoms with van der Waals surface area (Å²) in [6, 6.07) is 1.43. The van der Waals surface area contributed by atoms with Crippen molar-refractivity contribution < 1.29 is 0 Å². The first-order valence-electron chi connectivity index (χ1n) is 4.91. The average molecular weight is 155 g/mol. The van der Waals surface area contributed by atoms with Crippen LogP contribution in [0, 0.1) is 11.8 Å². The Labute approximate surface area is 70.6 Å². The van der Waals surface area contributed by atoms with Crippen molar-refractivity contribution in [2.75, 3.05) is 0 Å². The lowest BCUT2D eigenvalue weighted by Gasteiger charge is -2.18. The van der Waals surface area contributed by atoms with Gasteiger partial charge in [-0.25, -0.2) is 0 Å². The van der Waals surface area contributed by atoms with Gasteiger partial charge in [0.25, 0.3) is 0 Å². The maximum Gasteiger partial charge on any atom is 0.00721 e. The molecule has 0 amide bonds. The van der Waals surface area contributed by atoms with E-state index in [4.69, 9.17) is 0 Å². The second-order valence-electron chi connectivity index (χ2n) is 4.14. The largest absolute Gasteiger partial charge is 0.312 e. The molecule has 1 rings (SSSR count). The van der Waals surface area contributed by atoms with E-state index >= 15 is 0 Å². The molecule has 0 saturated heterocycles. The van der Waals surface area contributed by atoms with Gasteiger partial charge in [0, 0.05) is 12.1 Å². The van der Waals surface area contributed by atoms with Gasteiger partial charge < -0.3 is 5.32 Å². The Hall–Kier alpha value is -0.0400. The van der Waals surface area contributed by atoms with E-state index in [1.165, 1.54) is 12.8 Å². The highest BCUT2D eigenvalue weighted by Crippen LogP contribution is 2.40. The van der Waals surface area contributed by atoms with E-state index in [1.807, 2.05) is 0 Å². The molecule has 1 saturated carbocycles. The second-order valence-corrected chi connectivity index (χ2v) is 4.14. The Morgan fingerprint density at radius 1 is 1.45 bits per heavy atom. The zero-order valence-electron chi connectivity index (χ0n) is 8.22. The summed E-state index contributed by atoms with van der Waals surface area (Å²) in [6.07, 6.45) is 2.68. The first-order valence-corrected chi connectivity index (χ1v) is 4.91. The summed E-state index contributed by atoms with van der Waals surface area (Å²) < 4.78 is 0. The lowest BCUT2D eigenvalue weighted by atomic mass is 10.1. The predicted molar refractivity (Wildman–Crippen MR) is 49.6 cm³/mol. The fourth-order valence-corrected chi connectivity index (χ4v) is 1.74. The summed E-state index contributed by atoms with van der Waals surface area (Å²) in [5.41, 5.74) is 0. The number of rotatable bonds is 4. The molecule has 0 spiro atoms. The molecule has 1 N–H and O–H groups in total. The Morgan fingerprint density at radius 3 is 2.36 bits per heavy atom. The lowest BCUT2D eigenvalue weighted by molar-refractivity contribution is 0.414. The predicted octanol–water partition coefficient (Wildman–Crippen LogP) is 2.42. The molecule has 4 atom stereocenters. The third-order valence-corrected chi connectivity index (χ3v) is 2.97. The minimum absolute atomic E-state index is 0.692. The van der Waals surface area contributed by atoms with E-state index < -0.39 is 0 Å². The molecule has 1 aliphatic carbocycles. The van der Waals surface area contributed by atoms with Crippen LogP contribution in [0.5, 0.6) is 0 Å². The average Bonchev–Trinajstić information content (AvgIpc) is 2.66. The van der Waals surface area contributed by atoms with Gasteiger partial charge in [-0.1, -0.05) is 13.8 Å². The molecule has 0 heterocycles. The highest BCUT2D eigenvalue weighted by Gasteiger charge is 2.37. The standard InChI is InChI=1S/C10H21N/c1-5-8(3)11-9(4)10-6-7(10)2/h7-11H,5-6H2,1-4H3. The third-order valence-electron chi connectivity index (χ3n) is 2.97. The SMILES string of the molecule is CCC(C)NC(C)C1CC1C. The number of nitrogens with one attached hydrogen (secondary N) is 1. The van der Waals surface area contributed by atoms with Crippen molar-refractivity contribution in [3.05, 3.63) is 0 Å². The molecule has 1 nitrogen and oxygen atoms in total. The van der Waals surface area contributed by atoms with Crippen LogP contribution < -0.4 is 5.32 Å². The molecular weight excluding hydrogens is 134 g/mol. The molecule has 1 aliphatic rings. The summed E-state index contributed by atoms with van der Waals surface area (Å²) >= 11 is 0. The van der Waals surface area contributed by atoms with Gasteiger partial charge in [-0.15, -0.1) is 0 Å². The minimum Gasteiger partial charge on any atom is -0.312 e. The highest BCUT2D eigenvalue weighted by molar-refractivity contribution is 4.90.